The first-order valence-electron chi connectivity index (χ1n) is 6.85. The Balaban J connectivity index is 1.94. The fourth-order valence-corrected chi connectivity index (χ4v) is 4.27. The van der Waals surface area contributed by atoms with Crippen LogP contribution < -0.4 is 11.4 Å². The van der Waals surface area contributed by atoms with Gasteiger partial charge in [0.05, 0.1) is 16.7 Å². The lowest BCUT2D eigenvalue weighted by atomic mass is 10.2. The lowest BCUT2D eigenvalue weighted by Gasteiger charge is -2.09. The van der Waals surface area contributed by atoms with Gasteiger partial charge in [-0.05, 0) is 28.1 Å². The molecule has 1 aromatic heterocycles. The van der Waals surface area contributed by atoms with Gasteiger partial charge in [0.1, 0.15) is 0 Å². The summed E-state index contributed by atoms with van der Waals surface area (Å²) in [5.74, 6) is 5.95. The van der Waals surface area contributed by atoms with Gasteiger partial charge in [-0.3, -0.25) is 9.59 Å². The van der Waals surface area contributed by atoms with Crippen LogP contribution in [0.5, 0.6) is 0 Å². The topological polar surface area (TPSA) is 78.0 Å². The molecule has 24 heavy (non-hydrogen) atoms. The van der Waals surface area contributed by atoms with Gasteiger partial charge < -0.3 is 5.84 Å². The molecule has 0 atom stereocenters. The van der Waals surface area contributed by atoms with Gasteiger partial charge in [0.25, 0.3) is 5.56 Å². The number of fused-ring (bicyclic) bond motifs is 1. The minimum atomic E-state index is -0.364. The maximum Gasteiger partial charge on any atom is 0.280 e. The second-order valence-electron chi connectivity index (χ2n) is 4.93. The maximum absolute atomic E-state index is 12.4. The molecule has 8 heteroatoms. The molecule has 122 valence electrons. The van der Waals surface area contributed by atoms with Crippen LogP contribution in [-0.2, 0) is 0 Å². The normalized spacial score (nSPS) is 10.9. The molecule has 0 aliphatic carbocycles. The number of nitrogens with zero attached hydrogens (tertiary/aromatic N) is 2. The van der Waals surface area contributed by atoms with E-state index in [1.54, 1.807) is 36.4 Å². The van der Waals surface area contributed by atoms with E-state index >= 15 is 0 Å². The highest BCUT2D eigenvalue weighted by molar-refractivity contribution is 9.11. The second kappa shape index (κ2) is 7.08. The minimum Gasteiger partial charge on any atom is -0.334 e. The summed E-state index contributed by atoms with van der Waals surface area (Å²) in [7, 11) is 0. The van der Waals surface area contributed by atoms with Crippen LogP contribution in [0.15, 0.2) is 61.4 Å². The molecule has 0 unspecified atom stereocenters. The predicted molar refractivity (Wildman–Crippen MR) is 103 cm³/mol. The van der Waals surface area contributed by atoms with Crippen molar-refractivity contribution in [1.29, 1.82) is 0 Å². The van der Waals surface area contributed by atoms with E-state index in [9.17, 15) is 9.59 Å². The molecule has 0 aliphatic heterocycles. The third-order valence-corrected chi connectivity index (χ3v) is 5.33. The molecular formula is C16H11Br2N3O2S. The maximum atomic E-state index is 12.4. The number of nitrogen functional groups attached to an aromatic ring is 1. The van der Waals surface area contributed by atoms with Crippen molar-refractivity contribution in [3.05, 3.63) is 67.3 Å². The summed E-state index contributed by atoms with van der Waals surface area (Å²) >= 11 is 7.88. The average molecular weight is 469 g/mol. The van der Waals surface area contributed by atoms with E-state index in [1.165, 1.54) is 0 Å². The standard InChI is InChI=1S/C16H11Br2N3O2S/c17-10-6-11-14(12(18)7-10)20-16(21(19)15(11)23)24-8-13(22)9-4-2-1-3-5-9/h1-7H,8,19H2. The van der Waals surface area contributed by atoms with Crippen molar-refractivity contribution >= 4 is 60.3 Å². The number of Topliss-reactive ketones (excluding diaryl/α,β-unsaturated/α-hetero) is 1. The quantitative estimate of drug-likeness (QED) is 0.274. The van der Waals surface area contributed by atoms with Gasteiger partial charge >= 0.3 is 0 Å². The molecule has 0 fully saturated rings. The van der Waals surface area contributed by atoms with Gasteiger partial charge in [-0.1, -0.05) is 58.0 Å². The summed E-state index contributed by atoms with van der Waals surface area (Å²) in [6.45, 7) is 0. The third-order valence-electron chi connectivity index (χ3n) is 3.32. The number of ketones is 1. The molecule has 3 aromatic rings. The van der Waals surface area contributed by atoms with E-state index in [4.69, 9.17) is 5.84 Å². The van der Waals surface area contributed by atoms with Crippen LogP contribution in [0.2, 0.25) is 0 Å². The molecule has 5 nitrogen and oxygen atoms in total. The molecule has 0 spiro atoms. The van der Waals surface area contributed by atoms with E-state index in [0.717, 1.165) is 20.9 Å². The number of carbonyl (C=O) groups is 1. The monoisotopic (exact) mass is 467 g/mol. The number of nitrogens with two attached hydrogens (primary N) is 1. The second-order valence-corrected chi connectivity index (χ2v) is 7.64. The molecule has 0 amide bonds. The Labute approximate surface area is 158 Å². The van der Waals surface area contributed by atoms with E-state index in [1.807, 2.05) is 6.07 Å². The molecule has 0 saturated carbocycles. The van der Waals surface area contributed by atoms with Gasteiger partial charge in [0.2, 0.25) is 0 Å². The van der Waals surface area contributed by atoms with Gasteiger partial charge in [-0.2, -0.15) is 0 Å². The molecule has 3 rings (SSSR count). The van der Waals surface area contributed by atoms with E-state index in [2.05, 4.69) is 36.8 Å². The Morgan fingerprint density at radius 1 is 1.21 bits per heavy atom. The summed E-state index contributed by atoms with van der Waals surface area (Å²) in [5.41, 5.74) is 0.762. The Morgan fingerprint density at radius 3 is 2.62 bits per heavy atom. The van der Waals surface area contributed by atoms with Crippen molar-refractivity contribution in [3.8, 4) is 0 Å². The summed E-state index contributed by atoms with van der Waals surface area (Å²) in [5, 5.41) is 0.692. The van der Waals surface area contributed by atoms with Crippen LogP contribution >= 0.6 is 43.6 Å². The number of carbonyl (C=O) groups excluding carboxylic acids is 1. The Hall–Kier alpha value is -1.64. The first kappa shape index (κ1) is 17.2. The van der Waals surface area contributed by atoms with Crippen molar-refractivity contribution in [1.82, 2.24) is 9.66 Å². The van der Waals surface area contributed by atoms with Crippen LogP contribution in [0.3, 0.4) is 0 Å². The molecule has 0 bridgehead atoms. The first-order valence-corrected chi connectivity index (χ1v) is 9.42. The van der Waals surface area contributed by atoms with Crippen LogP contribution in [0, 0.1) is 0 Å². The number of aromatic nitrogens is 2. The van der Waals surface area contributed by atoms with Crippen LogP contribution in [0.1, 0.15) is 10.4 Å². The van der Waals surface area contributed by atoms with E-state index in [0.29, 0.717) is 26.1 Å². The van der Waals surface area contributed by atoms with Crippen molar-refractivity contribution in [2.45, 2.75) is 5.16 Å². The molecule has 0 saturated heterocycles. The Kier molecular flexibility index (Phi) is 5.07. The zero-order valence-electron chi connectivity index (χ0n) is 12.2. The molecule has 1 heterocycles. The van der Waals surface area contributed by atoms with Crippen LogP contribution in [0.25, 0.3) is 10.9 Å². The van der Waals surface area contributed by atoms with Crippen LogP contribution in [0.4, 0.5) is 0 Å². The zero-order chi connectivity index (χ0) is 17.3. The van der Waals surface area contributed by atoms with Gasteiger partial charge in [-0.25, -0.2) is 9.66 Å². The van der Waals surface area contributed by atoms with Crippen molar-refractivity contribution in [3.63, 3.8) is 0 Å². The SMILES string of the molecule is Nn1c(SCC(=O)c2ccccc2)nc2c(Br)cc(Br)cc2c1=O. The Morgan fingerprint density at radius 2 is 1.92 bits per heavy atom. The highest BCUT2D eigenvalue weighted by Crippen LogP contribution is 2.27. The number of hydrogen-bond donors (Lipinski definition) is 1. The lowest BCUT2D eigenvalue weighted by Crippen LogP contribution is -2.30. The summed E-state index contributed by atoms with van der Waals surface area (Å²) in [6, 6.07) is 12.4. The van der Waals surface area contributed by atoms with Gasteiger partial charge in [0.15, 0.2) is 10.9 Å². The summed E-state index contributed by atoms with van der Waals surface area (Å²) in [4.78, 5) is 29.0. The summed E-state index contributed by atoms with van der Waals surface area (Å²) in [6.07, 6.45) is 0. The highest BCUT2D eigenvalue weighted by atomic mass is 79.9. The summed E-state index contributed by atoms with van der Waals surface area (Å²) < 4.78 is 2.41. The number of thioether (sulfide) groups is 1. The number of rotatable bonds is 4. The molecule has 0 radical (unpaired) electrons. The van der Waals surface area contributed by atoms with E-state index < -0.39 is 0 Å². The largest absolute Gasteiger partial charge is 0.334 e. The Bertz CT molecular complexity index is 990. The van der Waals surface area contributed by atoms with Crippen molar-refractivity contribution < 1.29 is 4.79 Å². The molecular weight excluding hydrogens is 458 g/mol. The minimum absolute atomic E-state index is 0.0511. The first-order chi connectivity index (χ1) is 11.5. The van der Waals surface area contributed by atoms with Crippen LogP contribution in [-0.4, -0.2) is 21.2 Å². The van der Waals surface area contributed by atoms with Crippen molar-refractivity contribution in [2.24, 2.45) is 0 Å². The molecule has 2 N–H and O–H groups in total. The van der Waals surface area contributed by atoms with E-state index in [-0.39, 0.29) is 17.1 Å². The van der Waals surface area contributed by atoms with Gasteiger partial charge in [0, 0.05) is 14.5 Å². The highest BCUT2D eigenvalue weighted by Gasteiger charge is 2.14. The predicted octanol–water partition coefficient (Wildman–Crippen LogP) is 3.61. The molecule has 2 aromatic carbocycles. The molecule has 0 aliphatic rings. The number of benzene rings is 2. The van der Waals surface area contributed by atoms with Crippen molar-refractivity contribution in [2.75, 3.05) is 11.6 Å². The number of hydrogen-bond acceptors (Lipinski definition) is 5. The fourth-order valence-electron chi connectivity index (χ4n) is 2.15. The fraction of sp³-hybridized carbons (Fsp3) is 0.0625. The zero-order valence-corrected chi connectivity index (χ0v) is 16.2. The number of halogens is 2. The lowest BCUT2D eigenvalue weighted by molar-refractivity contribution is 0.102. The smallest absolute Gasteiger partial charge is 0.280 e. The average Bonchev–Trinajstić information content (AvgIpc) is 2.58. The van der Waals surface area contributed by atoms with Gasteiger partial charge in [-0.15, -0.1) is 0 Å². The third kappa shape index (κ3) is 3.40.